The van der Waals surface area contributed by atoms with Crippen molar-refractivity contribution >= 4 is 5.91 Å². The molecule has 3 N–H and O–H groups in total. The van der Waals surface area contributed by atoms with Crippen molar-refractivity contribution in [3.05, 3.63) is 78.0 Å². The van der Waals surface area contributed by atoms with Gasteiger partial charge in [0.05, 0.1) is 11.7 Å². The summed E-state index contributed by atoms with van der Waals surface area (Å²) in [6.45, 7) is 5.93. The summed E-state index contributed by atoms with van der Waals surface area (Å²) in [6.07, 6.45) is 1.75. The lowest BCUT2D eigenvalue weighted by atomic mass is 9.85. The molecule has 0 saturated carbocycles. The molecule has 3 aromatic rings. The number of amides is 1. The molecule has 194 valence electrons. The molecule has 1 unspecified atom stereocenters. The first kappa shape index (κ1) is 27.5. The molecule has 3 rings (SSSR count). The predicted octanol–water partition coefficient (Wildman–Crippen LogP) is 5.03. The van der Waals surface area contributed by atoms with Crippen LogP contribution in [0.5, 0.6) is 0 Å². The Balaban J connectivity index is 1.98. The van der Waals surface area contributed by atoms with Gasteiger partial charge in [-0.25, -0.2) is 13.8 Å². The fourth-order valence-corrected chi connectivity index (χ4v) is 4.06. The van der Waals surface area contributed by atoms with E-state index in [1.165, 1.54) is 19.2 Å². The van der Waals surface area contributed by atoms with Gasteiger partial charge < -0.3 is 20.4 Å². The molecule has 0 saturated heterocycles. The standard InChI is InChI=1S/C28H36F2N4O2/c1-28(2,3)25(33-27(35)24(36-4)14-13-22(31)16-29)26-32-23(20-11-8-12-21(30)15-20)18-34(26)17-19-9-6-5-7-10-19/h5-12,15,18,22,24-25H,13-14,16-17,31H2,1-4H3,(H,33,35)/t22-,24?,25-/m0/s1. The third kappa shape index (κ3) is 7.21. The first-order chi connectivity index (χ1) is 17.1. The third-order valence-corrected chi connectivity index (χ3v) is 6.11. The first-order valence-electron chi connectivity index (χ1n) is 12.1. The van der Waals surface area contributed by atoms with E-state index >= 15 is 0 Å². The molecule has 1 aromatic heterocycles. The quantitative estimate of drug-likeness (QED) is 0.388. The monoisotopic (exact) mass is 498 g/mol. The number of aromatic nitrogens is 2. The molecule has 1 amide bonds. The number of carbonyl (C=O) groups excluding carboxylic acids is 1. The summed E-state index contributed by atoms with van der Waals surface area (Å²) in [7, 11) is 1.45. The molecule has 1 heterocycles. The fourth-order valence-electron chi connectivity index (χ4n) is 4.06. The molecular weight excluding hydrogens is 462 g/mol. The largest absolute Gasteiger partial charge is 0.372 e. The minimum atomic E-state index is -0.771. The molecule has 0 radical (unpaired) electrons. The molecule has 0 aliphatic rings. The third-order valence-electron chi connectivity index (χ3n) is 6.11. The van der Waals surface area contributed by atoms with Crippen LogP contribution in [-0.2, 0) is 16.1 Å². The van der Waals surface area contributed by atoms with Crippen molar-refractivity contribution in [2.75, 3.05) is 13.8 Å². The second kappa shape index (κ2) is 12.2. The lowest BCUT2D eigenvalue weighted by Crippen LogP contribution is -2.44. The number of methoxy groups -OCH3 is 1. The highest BCUT2D eigenvalue weighted by Crippen LogP contribution is 2.34. The van der Waals surface area contributed by atoms with Gasteiger partial charge in [-0.1, -0.05) is 63.2 Å². The number of halogens is 2. The van der Waals surface area contributed by atoms with Crippen LogP contribution in [0.3, 0.4) is 0 Å². The van der Waals surface area contributed by atoms with Crippen molar-refractivity contribution in [1.82, 2.24) is 14.9 Å². The Labute approximate surface area is 211 Å². The summed E-state index contributed by atoms with van der Waals surface area (Å²) >= 11 is 0. The van der Waals surface area contributed by atoms with E-state index in [0.29, 0.717) is 36.5 Å². The summed E-state index contributed by atoms with van der Waals surface area (Å²) in [5.74, 6) is -0.0129. The van der Waals surface area contributed by atoms with Gasteiger partial charge in [-0.15, -0.1) is 0 Å². The van der Waals surface area contributed by atoms with Gasteiger partial charge in [0.15, 0.2) is 0 Å². The average molecular weight is 499 g/mol. The highest BCUT2D eigenvalue weighted by Gasteiger charge is 2.34. The number of benzene rings is 2. The average Bonchev–Trinajstić information content (AvgIpc) is 3.25. The minimum Gasteiger partial charge on any atom is -0.372 e. The molecule has 3 atom stereocenters. The van der Waals surface area contributed by atoms with Crippen molar-refractivity contribution in [1.29, 1.82) is 0 Å². The van der Waals surface area contributed by atoms with Gasteiger partial charge in [0.2, 0.25) is 5.91 Å². The van der Waals surface area contributed by atoms with Gasteiger partial charge in [-0.2, -0.15) is 0 Å². The van der Waals surface area contributed by atoms with Crippen LogP contribution in [0.15, 0.2) is 60.8 Å². The first-order valence-corrected chi connectivity index (χ1v) is 12.1. The molecule has 0 aliphatic carbocycles. The molecule has 8 heteroatoms. The number of hydrogen-bond acceptors (Lipinski definition) is 4. The number of nitrogens with zero attached hydrogens (tertiary/aromatic N) is 2. The number of hydrogen-bond donors (Lipinski definition) is 2. The van der Waals surface area contributed by atoms with Crippen LogP contribution in [0, 0.1) is 11.2 Å². The van der Waals surface area contributed by atoms with Gasteiger partial charge in [-0.05, 0) is 36.0 Å². The topological polar surface area (TPSA) is 82.2 Å². The molecule has 0 spiro atoms. The van der Waals surface area contributed by atoms with Gasteiger partial charge in [0, 0.05) is 31.5 Å². The molecule has 0 bridgehead atoms. The van der Waals surface area contributed by atoms with E-state index in [1.807, 2.05) is 67.9 Å². The molecule has 2 aromatic carbocycles. The van der Waals surface area contributed by atoms with E-state index in [4.69, 9.17) is 15.5 Å². The van der Waals surface area contributed by atoms with Gasteiger partial charge in [-0.3, -0.25) is 4.79 Å². The molecule has 0 fully saturated rings. The van der Waals surface area contributed by atoms with Crippen molar-refractivity contribution in [2.24, 2.45) is 11.1 Å². The number of nitrogens with two attached hydrogens (primary N) is 1. The molecule has 0 aliphatic heterocycles. The predicted molar refractivity (Wildman–Crippen MR) is 137 cm³/mol. The Morgan fingerprint density at radius 1 is 1.14 bits per heavy atom. The zero-order valence-corrected chi connectivity index (χ0v) is 21.4. The Bertz CT molecular complexity index is 1130. The summed E-state index contributed by atoms with van der Waals surface area (Å²) in [5.41, 5.74) is 7.61. The number of ether oxygens (including phenoxy) is 1. The van der Waals surface area contributed by atoms with Crippen LogP contribution in [0.2, 0.25) is 0 Å². The van der Waals surface area contributed by atoms with Crippen LogP contribution >= 0.6 is 0 Å². The van der Waals surface area contributed by atoms with Gasteiger partial charge in [0.25, 0.3) is 0 Å². The normalized spacial score (nSPS) is 14.3. The van der Waals surface area contributed by atoms with Crippen molar-refractivity contribution in [2.45, 2.75) is 58.3 Å². The lowest BCUT2D eigenvalue weighted by molar-refractivity contribution is -0.133. The Morgan fingerprint density at radius 3 is 2.47 bits per heavy atom. The van der Waals surface area contributed by atoms with Crippen LogP contribution < -0.4 is 11.1 Å². The Hall–Kier alpha value is -3.10. The van der Waals surface area contributed by atoms with E-state index in [0.717, 1.165) is 5.56 Å². The van der Waals surface area contributed by atoms with E-state index < -0.39 is 30.3 Å². The van der Waals surface area contributed by atoms with Gasteiger partial charge in [0.1, 0.15) is 24.4 Å². The highest BCUT2D eigenvalue weighted by molar-refractivity contribution is 5.81. The van der Waals surface area contributed by atoms with Crippen molar-refractivity contribution in [3.8, 4) is 11.3 Å². The van der Waals surface area contributed by atoms with Crippen molar-refractivity contribution < 1.29 is 18.3 Å². The Kier molecular flexibility index (Phi) is 9.34. The van der Waals surface area contributed by atoms with Crippen LogP contribution in [-0.4, -0.2) is 41.4 Å². The molecular formula is C28H36F2N4O2. The fraction of sp³-hybridized carbons (Fsp3) is 0.429. The Morgan fingerprint density at radius 2 is 1.86 bits per heavy atom. The highest BCUT2D eigenvalue weighted by atomic mass is 19.1. The number of rotatable bonds is 11. The summed E-state index contributed by atoms with van der Waals surface area (Å²) in [4.78, 5) is 18.1. The maximum atomic E-state index is 14.0. The van der Waals surface area contributed by atoms with E-state index in [1.54, 1.807) is 6.07 Å². The van der Waals surface area contributed by atoms with E-state index in [-0.39, 0.29) is 11.7 Å². The maximum absolute atomic E-state index is 14.0. The summed E-state index contributed by atoms with van der Waals surface area (Å²) in [5, 5.41) is 3.11. The van der Waals surface area contributed by atoms with E-state index in [9.17, 15) is 13.6 Å². The van der Waals surface area contributed by atoms with Crippen LogP contribution in [0.25, 0.3) is 11.3 Å². The number of alkyl halides is 1. The molecule has 6 nitrogen and oxygen atoms in total. The zero-order valence-electron chi connectivity index (χ0n) is 21.4. The molecule has 36 heavy (non-hydrogen) atoms. The lowest BCUT2D eigenvalue weighted by Gasteiger charge is -2.32. The second-order valence-electron chi connectivity index (χ2n) is 10.1. The van der Waals surface area contributed by atoms with Crippen molar-refractivity contribution in [3.63, 3.8) is 0 Å². The second-order valence-corrected chi connectivity index (χ2v) is 10.1. The van der Waals surface area contributed by atoms with Crippen LogP contribution in [0.1, 0.15) is 51.0 Å². The van der Waals surface area contributed by atoms with Crippen LogP contribution in [0.4, 0.5) is 8.78 Å². The summed E-state index contributed by atoms with van der Waals surface area (Å²) in [6, 6.07) is 15.1. The van der Waals surface area contributed by atoms with E-state index in [2.05, 4.69) is 5.32 Å². The number of nitrogens with one attached hydrogen (secondary N) is 1. The smallest absolute Gasteiger partial charge is 0.249 e. The maximum Gasteiger partial charge on any atom is 0.249 e. The minimum absolute atomic E-state index is 0.303. The van der Waals surface area contributed by atoms with Gasteiger partial charge >= 0.3 is 0 Å². The number of imidazole rings is 1. The SMILES string of the molecule is COC(CC[C@H](N)CF)C(=O)N[C@@H](c1nc(-c2cccc(F)c2)cn1Cc1ccccc1)C(C)(C)C. The summed E-state index contributed by atoms with van der Waals surface area (Å²) < 4.78 is 34.2. The number of carbonyl (C=O) groups is 1. The zero-order chi connectivity index (χ0) is 26.3.